The summed E-state index contributed by atoms with van der Waals surface area (Å²) in [5, 5.41) is 1.89. The van der Waals surface area contributed by atoms with Crippen LogP contribution in [0.2, 0.25) is 0 Å². The molecule has 0 radical (unpaired) electrons. The Kier molecular flexibility index (Phi) is 3.89. The highest BCUT2D eigenvalue weighted by Gasteiger charge is 2.25. The van der Waals surface area contributed by atoms with E-state index >= 15 is 0 Å². The topological polar surface area (TPSA) is 88.1 Å². The Hall–Kier alpha value is -2.48. The van der Waals surface area contributed by atoms with Gasteiger partial charge in [0.25, 0.3) is 11.1 Å². The molecule has 2 aromatic rings. The van der Waals surface area contributed by atoms with Crippen molar-refractivity contribution in [1.82, 2.24) is 20.3 Å². The Morgan fingerprint density at radius 2 is 1.96 bits per heavy atom. The highest BCUT2D eigenvalue weighted by molar-refractivity contribution is 8.18. The standard InChI is InChI=1S/C16H15N5O2S/c22-15-12(24-16(23)20-15)8-10-4-5-11-13(19-10)14(18-9-17-11)21-6-2-1-3-7-21/h4-5,8-9H,1-3,6-7H2,(H,20,22,23)/b12-8-. The van der Waals surface area contributed by atoms with E-state index in [0.29, 0.717) is 10.6 Å². The summed E-state index contributed by atoms with van der Waals surface area (Å²) in [6, 6.07) is 3.65. The lowest BCUT2D eigenvalue weighted by atomic mass is 10.1. The molecule has 0 unspecified atom stereocenters. The molecular formula is C16H15N5O2S. The van der Waals surface area contributed by atoms with Crippen molar-refractivity contribution in [1.29, 1.82) is 0 Å². The van der Waals surface area contributed by atoms with E-state index < -0.39 is 0 Å². The summed E-state index contributed by atoms with van der Waals surface area (Å²) in [7, 11) is 0. The molecule has 4 rings (SSSR count). The van der Waals surface area contributed by atoms with Gasteiger partial charge in [-0.1, -0.05) is 0 Å². The van der Waals surface area contributed by atoms with Crippen molar-refractivity contribution in [3.05, 3.63) is 29.1 Å². The van der Waals surface area contributed by atoms with Crippen LogP contribution in [0.15, 0.2) is 23.4 Å². The van der Waals surface area contributed by atoms with Crippen molar-refractivity contribution in [3.63, 3.8) is 0 Å². The first-order valence-electron chi connectivity index (χ1n) is 7.82. The van der Waals surface area contributed by atoms with Crippen LogP contribution in [0.1, 0.15) is 25.0 Å². The van der Waals surface area contributed by atoms with Crippen LogP contribution in [0.4, 0.5) is 10.6 Å². The predicted molar refractivity (Wildman–Crippen MR) is 92.5 cm³/mol. The minimum Gasteiger partial charge on any atom is -0.355 e. The molecule has 2 amide bonds. The number of hydrogen-bond acceptors (Lipinski definition) is 7. The second-order valence-corrected chi connectivity index (χ2v) is 6.72. The molecule has 0 spiro atoms. The van der Waals surface area contributed by atoms with E-state index in [-0.39, 0.29) is 11.1 Å². The molecule has 2 fully saturated rings. The van der Waals surface area contributed by atoms with E-state index in [9.17, 15) is 9.59 Å². The number of piperidine rings is 1. The van der Waals surface area contributed by atoms with Gasteiger partial charge in [-0.2, -0.15) is 0 Å². The Labute approximate surface area is 142 Å². The van der Waals surface area contributed by atoms with E-state index in [4.69, 9.17) is 0 Å². The predicted octanol–water partition coefficient (Wildman–Crippen LogP) is 2.34. The second-order valence-electron chi connectivity index (χ2n) is 5.70. The zero-order chi connectivity index (χ0) is 16.5. The Morgan fingerprint density at radius 1 is 1.12 bits per heavy atom. The fourth-order valence-corrected chi connectivity index (χ4v) is 3.58. The third-order valence-corrected chi connectivity index (χ3v) is 4.87. The van der Waals surface area contributed by atoms with Gasteiger partial charge in [0.2, 0.25) is 0 Å². The number of carbonyl (C=O) groups excluding carboxylic acids is 2. The molecule has 2 aromatic heterocycles. The summed E-state index contributed by atoms with van der Waals surface area (Å²) in [4.78, 5) is 38.9. The highest BCUT2D eigenvalue weighted by Crippen LogP contribution is 2.27. The van der Waals surface area contributed by atoms with Crippen molar-refractivity contribution in [3.8, 4) is 0 Å². The lowest BCUT2D eigenvalue weighted by Crippen LogP contribution is -2.30. The van der Waals surface area contributed by atoms with Gasteiger partial charge in [-0.15, -0.1) is 0 Å². The number of rotatable bonds is 2. The number of fused-ring (bicyclic) bond motifs is 1. The molecule has 0 saturated carbocycles. The molecule has 122 valence electrons. The minimum absolute atomic E-state index is 0.350. The van der Waals surface area contributed by atoms with Crippen molar-refractivity contribution < 1.29 is 9.59 Å². The second kappa shape index (κ2) is 6.20. The summed E-state index contributed by atoms with van der Waals surface area (Å²) < 4.78 is 0. The smallest absolute Gasteiger partial charge is 0.290 e. The summed E-state index contributed by atoms with van der Waals surface area (Å²) in [5.74, 6) is 0.451. The number of nitrogens with zero attached hydrogens (tertiary/aromatic N) is 4. The minimum atomic E-state index is -0.382. The van der Waals surface area contributed by atoms with Crippen molar-refractivity contribution in [2.45, 2.75) is 19.3 Å². The molecule has 2 saturated heterocycles. The molecule has 2 aliphatic heterocycles. The van der Waals surface area contributed by atoms with Crippen LogP contribution >= 0.6 is 11.8 Å². The van der Waals surface area contributed by atoms with E-state index in [1.807, 2.05) is 6.07 Å². The first-order chi connectivity index (χ1) is 11.7. The fraction of sp³-hybridized carbons (Fsp3) is 0.312. The molecule has 0 atom stereocenters. The van der Waals surface area contributed by atoms with Crippen LogP contribution in [0.5, 0.6) is 0 Å². The lowest BCUT2D eigenvalue weighted by molar-refractivity contribution is -0.115. The third-order valence-electron chi connectivity index (χ3n) is 4.06. The number of carbonyl (C=O) groups is 2. The molecule has 0 bridgehead atoms. The van der Waals surface area contributed by atoms with Gasteiger partial charge in [-0.3, -0.25) is 14.9 Å². The first kappa shape index (κ1) is 15.1. The molecule has 7 nitrogen and oxygen atoms in total. The molecule has 0 aromatic carbocycles. The van der Waals surface area contributed by atoms with Gasteiger partial charge in [0.1, 0.15) is 11.8 Å². The van der Waals surface area contributed by atoms with Gasteiger partial charge in [0.15, 0.2) is 5.82 Å². The molecule has 8 heteroatoms. The maximum Gasteiger partial charge on any atom is 0.290 e. The molecule has 1 N–H and O–H groups in total. The van der Waals surface area contributed by atoms with Gasteiger partial charge in [-0.25, -0.2) is 15.0 Å². The van der Waals surface area contributed by atoms with Gasteiger partial charge in [0, 0.05) is 13.1 Å². The molecule has 4 heterocycles. The van der Waals surface area contributed by atoms with E-state index in [1.165, 1.54) is 6.42 Å². The molecule has 2 aliphatic rings. The normalized spacial score (nSPS) is 20.0. The SMILES string of the molecule is O=C1NC(=O)/C(=C/c2ccc3ncnc(N4CCCCC4)c3n2)S1. The third kappa shape index (κ3) is 2.84. The van der Waals surface area contributed by atoms with Crippen LogP contribution < -0.4 is 10.2 Å². The number of hydrogen-bond donors (Lipinski definition) is 1. The summed E-state index contributed by atoms with van der Waals surface area (Å²) in [6.07, 6.45) is 6.72. The Balaban J connectivity index is 1.75. The summed E-state index contributed by atoms with van der Waals surface area (Å²) >= 11 is 0.886. The van der Waals surface area contributed by atoms with Crippen LogP contribution in [0.25, 0.3) is 17.1 Å². The van der Waals surface area contributed by atoms with Gasteiger partial charge >= 0.3 is 0 Å². The van der Waals surface area contributed by atoms with E-state index in [2.05, 4.69) is 25.2 Å². The highest BCUT2D eigenvalue weighted by atomic mass is 32.2. The van der Waals surface area contributed by atoms with Gasteiger partial charge in [0.05, 0.1) is 16.1 Å². The largest absolute Gasteiger partial charge is 0.355 e. The molecule has 0 aliphatic carbocycles. The van der Waals surface area contributed by atoms with Crippen molar-refractivity contribution >= 4 is 45.8 Å². The molecular weight excluding hydrogens is 326 g/mol. The first-order valence-corrected chi connectivity index (χ1v) is 8.64. The maximum absolute atomic E-state index is 11.7. The fourth-order valence-electron chi connectivity index (χ4n) is 2.92. The van der Waals surface area contributed by atoms with Gasteiger partial charge in [-0.05, 0) is 49.2 Å². The van der Waals surface area contributed by atoms with Gasteiger partial charge < -0.3 is 4.90 Å². The summed E-state index contributed by atoms with van der Waals surface area (Å²) in [6.45, 7) is 1.93. The average molecular weight is 341 g/mol. The van der Waals surface area contributed by atoms with Crippen LogP contribution in [-0.2, 0) is 4.79 Å². The number of thioether (sulfide) groups is 1. The van der Waals surface area contributed by atoms with Crippen LogP contribution in [0, 0.1) is 0 Å². The van der Waals surface area contributed by atoms with E-state index in [1.54, 1.807) is 18.5 Å². The zero-order valence-electron chi connectivity index (χ0n) is 12.9. The number of aromatic nitrogens is 3. The maximum atomic E-state index is 11.7. The lowest BCUT2D eigenvalue weighted by Gasteiger charge is -2.28. The number of anilines is 1. The average Bonchev–Trinajstić information content (AvgIpc) is 2.92. The summed E-state index contributed by atoms with van der Waals surface area (Å²) in [5.41, 5.74) is 2.11. The quantitative estimate of drug-likeness (QED) is 0.839. The Morgan fingerprint density at radius 3 is 2.71 bits per heavy atom. The number of amides is 2. The van der Waals surface area contributed by atoms with Crippen LogP contribution in [0.3, 0.4) is 0 Å². The van der Waals surface area contributed by atoms with Crippen molar-refractivity contribution in [2.24, 2.45) is 0 Å². The Bertz CT molecular complexity index is 861. The van der Waals surface area contributed by atoms with Crippen molar-refractivity contribution in [2.75, 3.05) is 18.0 Å². The monoisotopic (exact) mass is 341 g/mol. The zero-order valence-corrected chi connectivity index (χ0v) is 13.7. The van der Waals surface area contributed by atoms with Crippen LogP contribution in [-0.4, -0.2) is 39.2 Å². The van der Waals surface area contributed by atoms with E-state index in [0.717, 1.165) is 54.5 Å². The number of nitrogens with one attached hydrogen (secondary N) is 1. The molecule has 24 heavy (non-hydrogen) atoms. The number of imide groups is 1. The number of pyridine rings is 1.